The fourth-order valence-electron chi connectivity index (χ4n) is 1.37. The Balaban J connectivity index is 2.79. The minimum absolute atomic E-state index is 0.798. The molecule has 0 amide bonds. The number of aliphatic hydroxyl groups is 3. The molecule has 0 aliphatic carbocycles. The van der Waals surface area contributed by atoms with E-state index in [4.69, 9.17) is 5.11 Å². The first-order valence-corrected chi connectivity index (χ1v) is 4.44. The molecule has 0 spiro atoms. The molecule has 5 atom stereocenters. The lowest BCUT2D eigenvalue weighted by molar-refractivity contribution is -0.283. The largest absolute Gasteiger partial charge is 0.479 e. The van der Waals surface area contributed by atoms with E-state index in [1.54, 1.807) is 0 Å². The van der Waals surface area contributed by atoms with Gasteiger partial charge in [0, 0.05) is 6.92 Å². The molecule has 1 saturated heterocycles. The van der Waals surface area contributed by atoms with Gasteiger partial charge in [0.2, 0.25) is 0 Å². The number of hydrogen-bond donors (Lipinski definition) is 4. The van der Waals surface area contributed by atoms with Gasteiger partial charge in [0.15, 0.2) is 18.5 Å². The summed E-state index contributed by atoms with van der Waals surface area (Å²) < 4.78 is 9.01. The monoisotopic (exact) mass is 236 g/mol. The second-order valence-electron chi connectivity index (χ2n) is 3.34. The standard InChI is InChI=1S/C8H12O8/c1-2(9)15-6-4(11)3(10)5(7(12)13)16-8(6)14/h3-6,8,10-11,14H,1H3,(H,12,13)/t3-,4-,5-,6+,8?/m0/s1. The van der Waals surface area contributed by atoms with E-state index in [0.29, 0.717) is 0 Å². The Labute approximate surface area is 90.0 Å². The normalized spacial score (nSPS) is 39.1. The Bertz CT molecular complexity index is 290. The predicted molar refractivity (Wildman–Crippen MR) is 46.1 cm³/mol. The molecule has 1 aliphatic heterocycles. The molecule has 0 aromatic rings. The highest BCUT2D eigenvalue weighted by Crippen LogP contribution is 2.22. The van der Waals surface area contributed by atoms with Crippen LogP contribution in [-0.2, 0) is 19.1 Å². The van der Waals surface area contributed by atoms with Gasteiger partial charge in [-0.2, -0.15) is 0 Å². The molecule has 92 valence electrons. The zero-order valence-corrected chi connectivity index (χ0v) is 8.31. The molecule has 0 bridgehead atoms. The number of esters is 1. The third-order valence-electron chi connectivity index (χ3n) is 2.11. The Kier molecular flexibility index (Phi) is 3.81. The highest BCUT2D eigenvalue weighted by molar-refractivity contribution is 5.73. The second kappa shape index (κ2) is 4.74. The van der Waals surface area contributed by atoms with E-state index in [9.17, 15) is 24.9 Å². The fourth-order valence-corrected chi connectivity index (χ4v) is 1.37. The van der Waals surface area contributed by atoms with Gasteiger partial charge in [-0.1, -0.05) is 0 Å². The summed E-state index contributed by atoms with van der Waals surface area (Å²) in [5.41, 5.74) is 0. The first-order chi connectivity index (χ1) is 7.34. The zero-order valence-electron chi connectivity index (χ0n) is 8.31. The summed E-state index contributed by atoms with van der Waals surface area (Å²) in [6.45, 7) is 1.04. The van der Waals surface area contributed by atoms with Gasteiger partial charge in [0.05, 0.1) is 0 Å². The van der Waals surface area contributed by atoms with Crippen LogP contribution in [0.25, 0.3) is 0 Å². The van der Waals surface area contributed by atoms with E-state index in [1.165, 1.54) is 0 Å². The zero-order chi connectivity index (χ0) is 12.5. The van der Waals surface area contributed by atoms with E-state index in [2.05, 4.69) is 9.47 Å². The highest BCUT2D eigenvalue weighted by Gasteiger charge is 2.48. The smallest absolute Gasteiger partial charge is 0.335 e. The molecule has 0 aromatic heterocycles. The number of carboxylic acids is 1. The number of carboxylic acid groups (broad SMARTS) is 1. The van der Waals surface area contributed by atoms with E-state index >= 15 is 0 Å². The van der Waals surface area contributed by atoms with E-state index in [0.717, 1.165) is 6.92 Å². The molecule has 1 unspecified atom stereocenters. The van der Waals surface area contributed by atoms with Crippen molar-refractivity contribution in [1.82, 2.24) is 0 Å². The molecule has 8 nitrogen and oxygen atoms in total. The Morgan fingerprint density at radius 1 is 1.19 bits per heavy atom. The summed E-state index contributed by atoms with van der Waals surface area (Å²) in [7, 11) is 0. The van der Waals surface area contributed by atoms with Gasteiger partial charge in [-0.3, -0.25) is 4.79 Å². The van der Waals surface area contributed by atoms with Crippen molar-refractivity contribution >= 4 is 11.9 Å². The van der Waals surface area contributed by atoms with E-state index in [-0.39, 0.29) is 0 Å². The van der Waals surface area contributed by atoms with Crippen molar-refractivity contribution in [3.05, 3.63) is 0 Å². The van der Waals surface area contributed by atoms with Crippen LogP contribution in [0.5, 0.6) is 0 Å². The number of carbonyl (C=O) groups excluding carboxylic acids is 1. The number of rotatable bonds is 2. The second-order valence-corrected chi connectivity index (χ2v) is 3.34. The van der Waals surface area contributed by atoms with Crippen LogP contribution in [0.4, 0.5) is 0 Å². The first-order valence-electron chi connectivity index (χ1n) is 4.44. The van der Waals surface area contributed by atoms with Crippen molar-refractivity contribution in [3.8, 4) is 0 Å². The molecule has 1 fully saturated rings. The van der Waals surface area contributed by atoms with Crippen LogP contribution in [0.1, 0.15) is 6.92 Å². The van der Waals surface area contributed by atoms with Gasteiger partial charge in [-0.05, 0) is 0 Å². The molecule has 1 heterocycles. The van der Waals surface area contributed by atoms with Crippen LogP contribution < -0.4 is 0 Å². The molecular weight excluding hydrogens is 224 g/mol. The van der Waals surface area contributed by atoms with Crippen LogP contribution in [-0.4, -0.2) is 63.1 Å². The van der Waals surface area contributed by atoms with Gasteiger partial charge >= 0.3 is 11.9 Å². The van der Waals surface area contributed by atoms with E-state index < -0.39 is 42.6 Å². The number of hydrogen-bond acceptors (Lipinski definition) is 7. The SMILES string of the molecule is CC(=O)O[C@H]1C(O)O[C@H](C(=O)O)[C@@H](O)[C@@H]1O. The van der Waals surface area contributed by atoms with Crippen molar-refractivity contribution in [2.24, 2.45) is 0 Å². The molecule has 16 heavy (non-hydrogen) atoms. The average molecular weight is 236 g/mol. The summed E-state index contributed by atoms with van der Waals surface area (Å²) in [6.07, 6.45) is -8.60. The van der Waals surface area contributed by atoms with Gasteiger partial charge in [0.1, 0.15) is 12.2 Å². The maximum Gasteiger partial charge on any atom is 0.335 e. The van der Waals surface area contributed by atoms with Crippen LogP contribution in [0, 0.1) is 0 Å². The lowest BCUT2D eigenvalue weighted by Crippen LogP contribution is -2.60. The summed E-state index contributed by atoms with van der Waals surface area (Å²) >= 11 is 0. The number of ether oxygens (including phenoxy) is 2. The van der Waals surface area contributed by atoms with Crippen molar-refractivity contribution in [3.63, 3.8) is 0 Å². The lowest BCUT2D eigenvalue weighted by atomic mass is 9.99. The Hall–Kier alpha value is -1.22. The molecule has 8 heteroatoms. The number of carbonyl (C=O) groups is 2. The lowest BCUT2D eigenvalue weighted by Gasteiger charge is -2.37. The predicted octanol–water partition coefficient (Wildman–Crippen LogP) is -2.56. The maximum absolute atomic E-state index is 10.6. The van der Waals surface area contributed by atoms with Crippen LogP contribution in [0.2, 0.25) is 0 Å². The van der Waals surface area contributed by atoms with Crippen molar-refractivity contribution in [2.75, 3.05) is 0 Å². The quantitative estimate of drug-likeness (QED) is 0.385. The Morgan fingerprint density at radius 3 is 2.19 bits per heavy atom. The summed E-state index contributed by atoms with van der Waals surface area (Å²) in [5.74, 6) is -2.33. The topological polar surface area (TPSA) is 134 Å². The average Bonchev–Trinajstić information content (AvgIpc) is 2.17. The van der Waals surface area contributed by atoms with Crippen molar-refractivity contribution < 1.29 is 39.5 Å². The third-order valence-corrected chi connectivity index (χ3v) is 2.11. The van der Waals surface area contributed by atoms with E-state index in [1.807, 2.05) is 0 Å². The van der Waals surface area contributed by atoms with Gasteiger partial charge in [-0.15, -0.1) is 0 Å². The minimum Gasteiger partial charge on any atom is -0.479 e. The number of aliphatic carboxylic acids is 1. The number of aliphatic hydroxyl groups excluding tert-OH is 3. The first kappa shape index (κ1) is 12.8. The van der Waals surface area contributed by atoms with Gasteiger partial charge in [-0.25, -0.2) is 4.79 Å². The highest BCUT2D eigenvalue weighted by atomic mass is 16.7. The van der Waals surface area contributed by atoms with Crippen LogP contribution >= 0.6 is 0 Å². The molecule has 4 N–H and O–H groups in total. The van der Waals surface area contributed by atoms with Crippen LogP contribution in [0.15, 0.2) is 0 Å². The molecule has 0 radical (unpaired) electrons. The van der Waals surface area contributed by atoms with Crippen molar-refractivity contribution in [2.45, 2.75) is 37.6 Å². The van der Waals surface area contributed by atoms with Gasteiger partial charge in [0.25, 0.3) is 0 Å². The maximum atomic E-state index is 10.6. The third kappa shape index (κ3) is 2.47. The summed E-state index contributed by atoms with van der Waals surface area (Å²) in [5, 5.41) is 36.7. The van der Waals surface area contributed by atoms with Gasteiger partial charge < -0.3 is 29.9 Å². The fraction of sp³-hybridized carbons (Fsp3) is 0.750. The minimum atomic E-state index is -1.80. The Morgan fingerprint density at radius 2 is 1.75 bits per heavy atom. The molecule has 1 aliphatic rings. The summed E-state index contributed by atoms with van der Waals surface area (Å²) in [6, 6.07) is 0. The molecule has 1 rings (SSSR count). The molecule has 0 aromatic carbocycles. The summed E-state index contributed by atoms with van der Waals surface area (Å²) in [4.78, 5) is 21.2. The van der Waals surface area contributed by atoms with Crippen molar-refractivity contribution in [1.29, 1.82) is 0 Å². The van der Waals surface area contributed by atoms with Crippen LogP contribution in [0.3, 0.4) is 0 Å². The molecule has 0 saturated carbocycles. The molecular formula is C8H12O8.